The fourth-order valence-corrected chi connectivity index (χ4v) is 2.14. The Morgan fingerprint density at radius 3 is 2.22 bits per heavy atom. The Hall–Kier alpha value is -1.84. The van der Waals surface area contributed by atoms with Gasteiger partial charge in [0.05, 0.1) is 18.2 Å². The van der Waals surface area contributed by atoms with Crippen molar-refractivity contribution in [1.29, 1.82) is 0 Å². The molecule has 0 bridgehead atoms. The van der Waals surface area contributed by atoms with E-state index in [-0.39, 0.29) is 11.3 Å². The molecule has 0 aliphatic rings. The lowest BCUT2D eigenvalue weighted by Gasteiger charge is -2.14. The molecule has 0 fully saturated rings. The predicted octanol–water partition coefficient (Wildman–Crippen LogP) is 4.38. The number of halogens is 6. The van der Waals surface area contributed by atoms with Gasteiger partial charge in [-0.15, -0.1) is 10.2 Å². The summed E-state index contributed by atoms with van der Waals surface area (Å²) in [5, 5.41) is 7.70. The summed E-state index contributed by atoms with van der Waals surface area (Å²) >= 11 is 1.18. The van der Waals surface area contributed by atoms with Crippen molar-refractivity contribution in [3.05, 3.63) is 35.5 Å². The minimum atomic E-state index is -4.73. The van der Waals surface area contributed by atoms with E-state index in [1.807, 2.05) is 0 Å². The molecule has 0 unspecified atom stereocenters. The van der Waals surface area contributed by atoms with E-state index in [1.54, 1.807) is 6.26 Å². The molecule has 0 aliphatic carbocycles. The molecule has 1 aromatic heterocycles. The van der Waals surface area contributed by atoms with Crippen LogP contribution >= 0.6 is 11.8 Å². The highest BCUT2D eigenvalue weighted by Gasteiger charge is 2.34. The van der Waals surface area contributed by atoms with Crippen LogP contribution < -0.4 is 0 Å². The summed E-state index contributed by atoms with van der Waals surface area (Å²) in [5.41, 5.74) is -1.78. The zero-order chi connectivity index (χ0) is 17.3. The first-order chi connectivity index (χ1) is 10.6. The van der Waals surface area contributed by atoms with Crippen LogP contribution in [0.2, 0.25) is 0 Å². The highest BCUT2D eigenvalue weighted by atomic mass is 32.2. The molecule has 2 rings (SSSR count). The zero-order valence-electron chi connectivity index (χ0n) is 11.5. The van der Waals surface area contributed by atoms with E-state index in [0.717, 1.165) is 6.07 Å². The fourth-order valence-electron chi connectivity index (χ4n) is 1.86. The van der Waals surface area contributed by atoms with Crippen LogP contribution in [0.25, 0.3) is 11.3 Å². The molecule has 0 amide bonds. The van der Waals surface area contributed by atoms with Crippen LogP contribution in [0, 0.1) is 0 Å². The third-order valence-electron chi connectivity index (χ3n) is 2.82. The van der Waals surface area contributed by atoms with E-state index in [4.69, 9.17) is 0 Å². The fraction of sp³-hybridized carbons (Fsp3) is 0.308. The molecule has 1 aromatic carbocycles. The van der Waals surface area contributed by atoms with Crippen LogP contribution in [-0.4, -0.2) is 27.6 Å². The van der Waals surface area contributed by atoms with Crippen LogP contribution in [0.3, 0.4) is 0 Å². The van der Waals surface area contributed by atoms with Crippen molar-refractivity contribution in [2.75, 3.05) is 6.26 Å². The van der Waals surface area contributed by atoms with Gasteiger partial charge in [0.15, 0.2) is 0 Å². The summed E-state index contributed by atoms with van der Waals surface area (Å²) in [5.74, 6) is 0. The molecule has 0 atom stereocenters. The molecule has 2 aromatic rings. The lowest BCUT2D eigenvalue weighted by atomic mass is 9.99. The Kier molecular flexibility index (Phi) is 4.83. The van der Waals surface area contributed by atoms with E-state index in [0.29, 0.717) is 17.3 Å². The maximum atomic E-state index is 12.7. The second kappa shape index (κ2) is 6.34. The van der Waals surface area contributed by atoms with Gasteiger partial charge in [-0.05, 0) is 24.0 Å². The number of rotatable bonds is 3. The Morgan fingerprint density at radius 1 is 1.04 bits per heavy atom. The maximum Gasteiger partial charge on any atom is 0.416 e. The SMILES string of the molecule is CSc1ncc(-c2ccc(C(F)(F)F)cc2CC(F)(F)F)nn1. The second-order valence-electron chi connectivity index (χ2n) is 4.49. The molecule has 0 radical (unpaired) electrons. The normalized spacial score (nSPS) is 12.5. The van der Waals surface area contributed by atoms with Crippen LogP contribution in [0.1, 0.15) is 11.1 Å². The van der Waals surface area contributed by atoms with E-state index >= 15 is 0 Å². The van der Waals surface area contributed by atoms with Crippen LogP contribution in [0.5, 0.6) is 0 Å². The molecule has 0 N–H and O–H groups in total. The molecular weight excluding hydrogens is 344 g/mol. The molecular formula is C13H9F6N3S. The van der Waals surface area contributed by atoms with Crippen LogP contribution in [0.4, 0.5) is 26.3 Å². The third kappa shape index (κ3) is 4.57. The first-order valence-electron chi connectivity index (χ1n) is 6.11. The monoisotopic (exact) mass is 353 g/mol. The summed E-state index contributed by atoms with van der Waals surface area (Å²) in [6.07, 6.45) is -8.02. The Morgan fingerprint density at radius 2 is 1.74 bits per heavy atom. The predicted molar refractivity (Wildman–Crippen MR) is 71.8 cm³/mol. The van der Waals surface area contributed by atoms with Crippen LogP contribution in [-0.2, 0) is 12.6 Å². The summed E-state index contributed by atoms with van der Waals surface area (Å²) in [4.78, 5) is 3.87. The van der Waals surface area contributed by atoms with Gasteiger partial charge in [0.25, 0.3) is 0 Å². The Bertz CT molecular complexity index is 682. The highest BCUT2D eigenvalue weighted by molar-refractivity contribution is 7.98. The van der Waals surface area contributed by atoms with Crippen molar-refractivity contribution in [2.24, 2.45) is 0 Å². The number of alkyl halides is 6. The average Bonchev–Trinajstić information content (AvgIpc) is 2.45. The number of thioether (sulfide) groups is 1. The maximum absolute atomic E-state index is 12.7. The van der Waals surface area contributed by atoms with Crippen molar-refractivity contribution < 1.29 is 26.3 Å². The summed E-state index contributed by atoms with van der Waals surface area (Å²) in [6.45, 7) is 0. The van der Waals surface area contributed by atoms with Gasteiger partial charge in [0, 0.05) is 5.56 Å². The molecule has 10 heteroatoms. The lowest BCUT2D eigenvalue weighted by Crippen LogP contribution is -2.14. The second-order valence-corrected chi connectivity index (χ2v) is 5.27. The number of benzene rings is 1. The molecule has 0 spiro atoms. The van der Waals surface area contributed by atoms with Crippen molar-refractivity contribution in [3.63, 3.8) is 0 Å². The average molecular weight is 353 g/mol. The van der Waals surface area contributed by atoms with Crippen molar-refractivity contribution in [1.82, 2.24) is 15.2 Å². The van der Waals surface area contributed by atoms with Crippen molar-refractivity contribution in [2.45, 2.75) is 23.9 Å². The van der Waals surface area contributed by atoms with Gasteiger partial charge in [-0.3, -0.25) is 0 Å². The van der Waals surface area contributed by atoms with Gasteiger partial charge in [-0.2, -0.15) is 26.3 Å². The van der Waals surface area contributed by atoms with E-state index in [2.05, 4.69) is 15.2 Å². The van der Waals surface area contributed by atoms with Gasteiger partial charge < -0.3 is 0 Å². The van der Waals surface area contributed by atoms with E-state index in [1.165, 1.54) is 18.0 Å². The molecule has 23 heavy (non-hydrogen) atoms. The Labute approximate surface area is 131 Å². The number of nitrogens with zero attached hydrogens (tertiary/aromatic N) is 3. The number of hydrogen-bond donors (Lipinski definition) is 0. The molecule has 0 aliphatic heterocycles. The Balaban J connectivity index is 2.52. The van der Waals surface area contributed by atoms with Gasteiger partial charge in [0.2, 0.25) is 5.16 Å². The van der Waals surface area contributed by atoms with Crippen LogP contribution in [0.15, 0.2) is 29.6 Å². The smallest absolute Gasteiger partial charge is 0.227 e. The zero-order valence-corrected chi connectivity index (χ0v) is 12.4. The molecule has 0 saturated carbocycles. The molecule has 124 valence electrons. The van der Waals surface area contributed by atoms with E-state index in [9.17, 15) is 26.3 Å². The summed E-state index contributed by atoms with van der Waals surface area (Å²) in [7, 11) is 0. The molecule has 0 saturated heterocycles. The highest BCUT2D eigenvalue weighted by Crippen LogP contribution is 2.35. The van der Waals surface area contributed by atoms with E-state index < -0.39 is 29.9 Å². The first kappa shape index (κ1) is 17.5. The minimum absolute atomic E-state index is 0.0178. The quantitative estimate of drug-likeness (QED) is 0.606. The first-order valence-corrected chi connectivity index (χ1v) is 7.33. The van der Waals surface area contributed by atoms with Gasteiger partial charge in [-0.25, -0.2) is 4.98 Å². The molecule has 3 nitrogen and oxygen atoms in total. The lowest BCUT2D eigenvalue weighted by molar-refractivity contribution is -0.138. The molecule has 1 heterocycles. The topological polar surface area (TPSA) is 38.7 Å². The standard InChI is InChI=1S/C13H9F6N3S/c1-23-11-20-6-10(21-22-11)9-3-2-8(13(17,18)19)4-7(9)5-12(14,15)16/h2-4,6H,5H2,1H3. The van der Waals surface area contributed by atoms with Crippen molar-refractivity contribution in [3.8, 4) is 11.3 Å². The van der Waals surface area contributed by atoms with Gasteiger partial charge >= 0.3 is 12.4 Å². The minimum Gasteiger partial charge on any atom is -0.227 e. The number of aromatic nitrogens is 3. The summed E-state index contributed by atoms with van der Waals surface area (Å²) < 4.78 is 76.1. The van der Waals surface area contributed by atoms with Gasteiger partial charge in [-0.1, -0.05) is 17.8 Å². The third-order valence-corrected chi connectivity index (χ3v) is 3.37. The van der Waals surface area contributed by atoms with Crippen molar-refractivity contribution >= 4 is 11.8 Å². The largest absolute Gasteiger partial charge is 0.416 e. The summed E-state index contributed by atoms with van der Waals surface area (Å²) in [6, 6.07) is 2.14. The van der Waals surface area contributed by atoms with Gasteiger partial charge in [0.1, 0.15) is 5.69 Å². The number of hydrogen-bond acceptors (Lipinski definition) is 4.